The highest BCUT2D eigenvalue weighted by Crippen LogP contribution is 2.44. The predicted octanol–water partition coefficient (Wildman–Crippen LogP) is 5.82. The molecule has 4 rings (SSSR count). The smallest absolute Gasteiger partial charge is 0.338 e. The topological polar surface area (TPSA) is 120 Å². The molecule has 3 N–H and O–H groups in total. The highest BCUT2D eigenvalue weighted by Gasteiger charge is 2.43. The van der Waals surface area contributed by atoms with E-state index in [-0.39, 0.29) is 22.8 Å². The van der Waals surface area contributed by atoms with Crippen LogP contribution >= 0.6 is 0 Å². The Bertz CT molecular complexity index is 1420. The molecule has 8 heteroatoms. The molecule has 2 heterocycles. The Kier molecular flexibility index (Phi) is 8.33. The van der Waals surface area contributed by atoms with E-state index in [4.69, 9.17) is 9.88 Å². The molecule has 2 aromatic carbocycles. The molecule has 0 saturated heterocycles. The van der Waals surface area contributed by atoms with Crippen molar-refractivity contribution in [1.82, 2.24) is 4.98 Å². The van der Waals surface area contributed by atoms with Gasteiger partial charge in [0, 0.05) is 24.1 Å². The second kappa shape index (κ2) is 11.5. The monoisotopic (exact) mass is 534 g/mol. The first-order valence-electron chi connectivity index (χ1n) is 13.0. The first-order valence-corrected chi connectivity index (χ1v) is 14.5. The van der Waals surface area contributed by atoms with Crippen molar-refractivity contribution in [3.05, 3.63) is 95.4 Å². The molecule has 0 spiro atoms. The van der Waals surface area contributed by atoms with Crippen LogP contribution in [0.3, 0.4) is 0 Å². The summed E-state index contributed by atoms with van der Waals surface area (Å²) in [6.07, 6.45) is 4.73. The molecular formula is C30H34N2O5S. The standard InChI is InChI=1S/C30H34N2O5S/c1-3-17-30(18-15-21-11-7-5-8-12-21)20-25(33)27(29(34)37-30)23(4-2)24-16-19-32-28(38(31,35)36)26(24)22-13-9-6-10-14-22/h5-14,16,19,23,33H,3-4,15,17-18,20H2,1-2H3,(H2,31,35,36). The van der Waals surface area contributed by atoms with E-state index in [9.17, 15) is 18.3 Å². The van der Waals surface area contributed by atoms with Crippen LogP contribution in [0, 0.1) is 0 Å². The number of cyclic esters (lactones) is 1. The van der Waals surface area contributed by atoms with Gasteiger partial charge in [-0.05, 0) is 48.4 Å². The van der Waals surface area contributed by atoms with Crippen LogP contribution in [-0.4, -0.2) is 30.1 Å². The molecule has 0 radical (unpaired) electrons. The maximum Gasteiger partial charge on any atom is 0.338 e. The normalized spacial score (nSPS) is 18.8. The van der Waals surface area contributed by atoms with E-state index >= 15 is 0 Å². The number of carbonyl (C=O) groups is 1. The number of rotatable bonds is 10. The van der Waals surface area contributed by atoms with E-state index < -0.39 is 27.5 Å². The summed E-state index contributed by atoms with van der Waals surface area (Å²) in [5.74, 6) is -1.20. The number of hydrogen-bond acceptors (Lipinski definition) is 6. The van der Waals surface area contributed by atoms with E-state index in [0.29, 0.717) is 42.4 Å². The molecule has 0 amide bonds. The van der Waals surface area contributed by atoms with Gasteiger partial charge in [-0.15, -0.1) is 0 Å². The quantitative estimate of drug-likeness (QED) is 0.316. The minimum atomic E-state index is -4.17. The number of hydrogen-bond donors (Lipinski definition) is 2. The van der Waals surface area contributed by atoms with Crippen LogP contribution < -0.4 is 5.14 Å². The number of ether oxygens (including phenoxy) is 1. The highest BCUT2D eigenvalue weighted by molar-refractivity contribution is 7.89. The van der Waals surface area contributed by atoms with Gasteiger partial charge in [0.15, 0.2) is 5.03 Å². The third-order valence-electron chi connectivity index (χ3n) is 7.16. The maximum atomic E-state index is 13.6. The van der Waals surface area contributed by atoms with E-state index in [1.807, 2.05) is 50.2 Å². The van der Waals surface area contributed by atoms with E-state index in [2.05, 4.69) is 4.98 Å². The second-order valence-corrected chi connectivity index (χ2v) is 11.3. The van der Waals surface area contributed by atoms with Crippen LogP contribution in [0.5, 0.6) is 0 Å². The number of primary sulfonamides is 1. The minimum Gasteiger partial charge on any atom is -0.512 e. The zero-order valence-electron chi connectivity index (χ0n) is 21.8. The van der Waals surface area contributed by atoms with Crippen LogP contribution in [0.4, 0.5) is 0 Å². The van der Waals surface area contributed by atoms with Gasteiger partial charge in [-0.3, -0.25) is 0 Å². The van der Waals surface area contributed by atoms with Crippen molar-refractivity contribution < 1.29 is 23.1 Å². The number of esters is 1. The van der Waals surface area contributed by atoms with E-state index in [1.165, 1.54) is 6.20 Å². The molecule has 0 aliphatic carbocycles. The average Bonchev–Trinajstić information content (AvgIpc) is 2.90. The Morgan fingerprint density at radius 1 is 1.03 bits per heavy atom. The molecule has 0 bridgehead atoms. The number of sulfonamides is 1. The van der Waals surface area contributed by atoms with Gasteiger partial charge in [-0.1, -0.05) is 80.9 Å². The summed E-state index contributed by atoms with van der Waals surface area (Å²) >= 11 is 0. The molecular weight excluding hydrogens is 500 g/mol. The summed E-state index contributed by atoms with van der Waals surface area (Å²) in [6.45, 7) is 3.91. The minimum absolute atomic E-state index is 0.0115. The molecule has 2 atom stereocenters. The van der Waals surface area contributed by atoms with Crippen molar-refractivity contribution in [2.75, 3.05) is 0 Å². The van der Waals surface area contributed by atoms with Crippen LogP contribution in [-0.2, 0) is 26.0 Å². The van der Waals surface area contributed by atoms with Gasteiger partial charge in [0.2, 0.25) is 0 Å². The van der Waals surface area contributed by atoms with Crippen LogP contribution in [0.1, 0.15) is 63.0 Å². The summed E-state index contributed by atoms with van der Waals surface area (Å²) < 4.78 is 31.2. The van der Waals surface area contributed by atoms with Gasteiger partial charge in [0.05, 0.1) is 5.57 Å². The van der Waals surface area contributed by atoms with Crippen molar-refractivity contribution in [3.8, 4) is 11.1 Å². The third kappa shape index (κ3) is 5.81. The number of aliphatic hydroxyl groups is 1. The molecule has 2 unspecified atom stereocenters. The fourth-order valence-corrected chi connectivity index (χ4v) is 6.19. The molecule has 3 aromatic rings. The van der Waals surface area contributed by atoms with Gasteiger partial charge < -0.3 is 9.84 Å². The Morgan fingerprint density at radius 2 is 1.68 bits per heavy atom. The molecule has 1 aromatic heterocycles. The largest absolute Gasteiger partial charge is 0.512 e. The summed E-state index contributed by atoms with van der Waals surface area (Å²) in [5, 5.41) is 16.6. The summed E-state index contributed by atoms with van der Waals surface area (Å²) in [5.41, 5.74) is 1.96. The van der Waals surface area contributed by atoms with Crippen LogP contribution in [0.2, 0.25) is 0 Å². The number of carbonyl (C=O) groups excluding carboxylic acids is 1. The Balaban J connectivity index is 1.78. The second-order valence-electron chi connectivity index (χ2n) is 9.80. The lowest BCUT2D eigenvalue weighted by atomic mass is 9.79. The van der Waals surface area contributed by atoms with Crippen LogP contribution in [0.25, 0.3) is 11.1 Å². The lowest BCUT2D eigenvalue weighted by molar-refractivity contribution is -0.161. The van der Waals surface area contributed by atoms with Crippen molar-refractivity contribution in [2.24, 2.45) is 5.14 Å². The number of pyridine rings is 1. The van der Waals surface area contributed by atoms with Gasteiger partial charge in [0.1, 0.15) is 11.4 Å². The molecule has 7 nitrogen and oxygen atoms in total. The number of nitrogens with two attached hydrogens (primary N) is 1. The van der Waals surface area contributed by atoms with Gasteiger partial charge in [-0.25, -0.2) is 23.3 Å². The van der Waals surface area contributed by atoms with Crippen molar-refractivity contribution in [1.29, 1.82) is 0 Å². The number of nitrogens with zero attached hydrogens (tertiary/aromatic N) is 1. The SMILES string of the molecule is CCCC1(CCc2ccccc2)CC(O)=C(C(CC)c2ccnc(S(N)(=O)=O)c2-c2ccccc2)C(=O)O1. The molecule has 38 heavy (non-hydrogen) atoms. The lowest BCUT2D eigenvalue weighted by Crippen LogP contribution is -2.41. The molecule has 0 fully saturated rings. The van der Waals surface area contributed by atoms with Crippen molar-refractivity contribution in [3.63, 3.8) is 0 Å². The fraction of sp³-hybridized carbons (Fsp3) is 0.333. The van der Waals surface area contributed by atoms with Gasteiger partial charge in [-0.2, -0.15) is 0 Å². The van der Waals surface area contributed by atoms with Crippen molar-refractivity contribution >= 4 is 16.0 Å². The number of aromatic nitrogens is 1. The first-order chi connectivity index (χ1) is 18.2. The highest BCUT2D eigenvalue weighted by atomic mass is 32.2. The molecule has 0 saturated carbocycles. The van der Waals surface area contributed by atoms with Crippen molar-refractivity contribution in [2.45, 2.75) is 68.9 Å². The zero-order chi connectivity index (χ0) is 27.3. The van der Waals surface area contributed by atoms with E-state index in [0.717, 1.165) is 12.0 Å². The third-order valence-corrected chi connectivity index (χ3v) is 8.01. The zero-order valence-corrected chi connectivity index (χ0v) is 22.6. The number of benzene rings is 2. The molecule has 1 aliphatic rings. The predicted molar refractivity (Wildman–Crippen MR) is 147 cm³/mol. The van der Waals surface area contributed by atoms with Gasteiger partial charge in [0.25, 0.3) is 10.0 Å². The maximum absolute atomic E-state index is 13.6. The summed E-state index contributed by atoms with van der Waals surface area (Å²) in [7, 11) is -4.17. The molecule has 200 valence electrons. The lowest BCUT2D eigenvalue weighted by Gasteiger charge is -2.39. The Hall–Kier alpha value is -3.49. The number of aliphatic hydroxyl groups excluding tert-OH is 1. The molecule has 1 aliphatic heterocycles. The Labute approximate surface area is 224 Å². The van der Waals surface area contributed by atoms with Gasteiger partial charge >= 0.3 is 5.97 Å². The fourth-order valence-electron chi connectivity index (χ4n) is 5.46. The summed E-state index contributed by atoms with van der Waals surface area (Å²) in [6, 6.07) is 20.6. The van der Waals surface area contributed by atoms with Crippen LogP contribution in [0.15, 0.2) is 89.3 Å². The average molecular weight is 535 g/mol. The first kappa shape index (κ1) is 27.5. The number of aryl methyl sites for hydroxylation is 1. The summed E-state index contributed by atoms with van der Waals surface area (Å²) in [4.78, 5) is 17.7. The Morgan fingerprint density at radius 3 is 2.26 bits per heavy atom. The van der Waals surface area contributed by atoms with E-state index in [1.54, 1.807) is 30.3 Å².